The van der Waals surface area contributed by atoms with Gasteiger partial charge in [-0.3, -0.25) is 11.3 Å². The molecule has 0 bridgehead atoms. The van der Waals surface area contributed by atoms with Crippen molar-refractivity contribution in [3.63, 3.8) is 0 Å². The molecule has 1 fully saturated rings. The number of ether oxygens (including phenoxy) is 2. The minimum Gasteiger partial charge on any atom is -0.493 e. The van der Waals surface area contributed by atoms with E-state index in [2.05, 4.69) is 40.4 Å². The van der Waals surface area contributed by atoms with Gasteiger partial charge in [-0.25, -0.2) is 0 Å². The van der Waals surface area contributed by atoms with Crippen molar-refractivity contribution in [3.8, 4) is 5.75 Å². The Morgan fingerprint density at radius 1 is 1.45 bits per heavy atom. The maximum atomic E-state index is 5.85. The Bertz CT molecular complexity index is 495. The Balaban J connectivity index is 1.82. The molecule has 3 atom stereocenters. The molecule has 20 heavy (non-hydrogen) atoms. The van der Waals surface area contributed by atoms with Crippen LogP contribution in [0.4, 0.5) is 0 Å². The number of nitrogens with one attached hydrogen (secondary N) is 1. The van der Waals surface area contributed by atoms with Crippen molar-refractivity contribution in [2.45, 2.75) is 38.3 Å². The van der Waals surface area contributed by atoms with Crippen molar-refractivity contribution in [1.29, 1.82) is 0 Å². The molecule has 3 N–H and O–H groups in total. The summed E-state index contributed by atoms with van der Waals surface area (Å²) in [5, 5.41) is 0. The SMILES string of the molecule is CC1CCOC1C(Cc1cc(Br)cc2c1OCC2)NN. The zero-order valence-electron chi connectivity index (χ0n) is 11.7. The summed E-state index contributed by atoms with van der Waals surface area (Å²) in [7, 11) is 0. The maximum absolute atomic E-state index is 5.85. The van der Waals surface area contributed by atoms with Gasteiger partial charge in [0.2, 0.25) is 0 Å². The average Bonchev–Trinajstić information content (AvgIpc) is 3.04. The largest absolute Gasteiger partial charge is 0.493 e. The summed E-state index contributed by atoms with van der Waals surface area (Å²) in [5.74, 6) is 7.34. The zero-order chi connectivity index (χ0) is 14.1. The molecule has 3 rings (SSSR count). The van der Waals surface area contributed by atoms with Crippen LogP contribution in [0.3, 0.4) is 0 Å². The number of hydrogen-bond acceptors (Lipinski definition) is 4. The first kappa shape index (κ1) is 14.3. The fourth-order valence-corrected chi connectivity index (χ4v) is 3.79. The quantitative estimate of drug-likeness (QED) is 0.651. The van der Waals surface area contributed by atoms with Gasteiger partial charge in [0.25, 0.3) is 0 Å². The lowest BCUT2D eigenvalue weighted by molar-refractivity contribution is 0.0608. The molecular weight excluding hydrogens is 320 g/mol. The predicted octanol–water partition coefficient (Wildman–Crippen LogP) is 2.18. The first-order valence-electron chi connectivity index (χ1n) is 7.21. The molecule has 1 saturated heterocycles. The second-order valence-corrected chi connectivity index (χ2v) is 6.65. The molecule has 0 radical (unpaired) electrons. The first-order chi connectivity index (χ1) is 9.69. The summed E-state index contributed by atoms with van der Waals surface area (Å²) >= 11 is 3.58. The Morgan fingerprint density at radius 3 is 3.00 bits per heavy atom. The van der Waals surface area contributed by atoms with E-state index in [1.54, 1.807) is 0 Å². The molecule has 0 amide bonds. The van der Waals surface area contributed by atoms with E-state index < -0.39 is 0 Å². The molecule has 1 aromatic carbocycles. The van der Waals surface area contributed by atoms with Crippen LogP contribution in [0, 0.1) is 5.92 Å². The molecule has 1 aromatic rings. The second kappa shape index (κ2) is 6.02. The first-order valence-corrected chi connectivity index (χ1v) is 8.00. The highest BCUT2D eigenvalue weighted by Gasteiger charge is 2.32. The number of nitrogens with two attached hydrogens (primary N) is 1. The Labute approximate surface area is 128 Å². The predicted molar refractivity (Wildman–Crippen MR) is 81.7 cm³/mol. The second-order valence-electron chi connectivity index (χ2n) is 5.73. The number of rotatable bonds is 4. The van der Waals surface area contributed by atoms with Gasteiger partial charge in [0.15, 0.2) is 0 Å². The van der Waals surface area contributed by atoms with Crippen molar-refractivity contribution >= 4 is 15.9 Å². The molecule has 0 spiro atoms. The van der Waals surface area contributed by atoms with Crippen molar-refractivity contribution < 1.29 is 9.47 Å². The summed E-state index contributed by atoms with van der Waals surface area (Å²) in [5.41, 5.74) is 5.43. The van der Waals surface area contributed by atoms with Gasteiger partial charge in [-0.05, 0) is 42.0 Å². The van der Waals surface area contributed by atoms with Crippen LogP contribution in [-0.2, 0) is 17.6 Å². The van der Waals surface area contributed by atoms with Crippen LogP contribution in [0.1, 0.15) is 24.5 Å². The van der Waals surface area contributed by atoms with Gasteiger partial charge >= 0.3 is 0 Å². The molecule has 5 heteroatoms. The minimum absolute atomic E-state index is 0.120. The van der Waals surface area contributed by atoms with E-state index in [4.69, 9.17) is 15.3 Å². The van der Waals surface area contributed by atoms with Crippen LogP contribution >= 0.6 is 15.9 Å². The highest BCUT2D eigenvalue weighted by atomic mass is 79.9. The molecule has 0 saturated carbocycles. The summed E-state index contributed by atoms with van der Waals surface area (Å²) in [6.45, 7) is 3.83. The third-order valence-electron chi connectivity index (χ3n) is 4.32. The van der Waals surface area contributed by atoms with Crippen LogP contribution in [0.15, 0.2) is 16.6 Å². The third kappa shape index (κ3) is 2.72. The Hall–Kier alpha value is -0.620. The molecule has 4 nitrogen and oxygen atoms in total. The number of benzene rings is 1. The fraction of sp³-hybridized carbons (Fsp3) is 0.600. The highest BCUT2D eigenvalue weighted by Crippen LogP contribution is 2.35. The van der Waals surface area contributed by atoms with Gasteiger partial charge < -0.3 is 9.47 Å². The Morgan fingerprint density at radius 2 is 2.30 bits per heavy atom. The molecule has 110 valence electrons. The average molecular weight is 341 g/mol. The molecule has 0 aliphatic carbocycles. The van der Waals surface area contributed by atoms with Gasteiger partial charge in [-0.2, -0.15) is 0 Å². The van der Waals surface area contributed by atoms with Crippen LogP contribution in [0.2, 0.25) is 0 Å². The lowest BCUT2D eigenvalue weighted by Crippen LogP contribution is -2.47. The smallest absolute Gasteiger partial charge is 0.125 e. The molecule has 0 aromatic heterocycles. The number of hydrogen-bond donors (Lipinski definition) is 2. The lowest BCUT2D eigenvalue weighted by Gasteiger charge is -2.26. The molecule has 2 aliphatic rings. The van der Waals surface area contributed by atoms with Gasteiger partial charge in [0.05, 0.1) is 18.8 Å². The van der Waals surface area contributed by atoms with E-state index in [-0.39, 0.29) is 12.1 Å². The van der Waals surface area contributed by atoms with Crippen molar-refractivity contribution in [1.82, 2.24) is 5.43 Å². The van der Waals surface area contributed by atoms with Crippen molar-refractivity contribution in [2.24, 2.45) is 11.8 Å². The molecule has 2 heterocycles. The third-order valence-corrected chi connectivity index (χ3v) is 4.78. The van der Waals surface area contributed by atoms with Crippen LogP contribution in [-0.4, -0.2) is 25.4 Å². The molecular formula is C15H21BrN2O2. The van der Waals surface area contributed by atoms with E-state index >= 15 is 0 Å². The van der Waals surface area contributed by atoms with Crippen molar-refractivity contribution in [2.75, 3.05) is 13.2 Å². The van der Waals surface area contributed by atoms with Crippen molar-refractivity contribution in [3.05, 3.63) is 27.7 Å². The topological polar surface area (TPSA) is 56.5 Å². The lowest BCUT2D eigenvalue weighted by atomic mass is 9.92. The van der Waals surface area contributed by atoms with Crippen LogP contribution < -0.4 is 16.0 Å². The number of fused-ring (bicyclic) bond motifs is 1. The van der Waals surface area contributed by atoms with Gasteiger partial charge in [0, 0.05) is 17.5 Å². The fourth-order valence-electron chi connectivity index (χ4n) is 3.24. The van der Waals surface area contributed by atoms with E-state index in [9.17, 15) is 0 Å². The summed E-state index contributed by atoms with van der Waals surface area (Å²) < 4.78 is 12.7. The number of hydrazine groups is 1. The van der Waals surface area contributed by atoms with E-state index in [0.717, 1.165) is 42.7 Å². The maximum Gasteiger partial charge on any atom is 0.125 e. The standard InChI is InChI=1S/C15H21BrN2O2/c1-9-2-4-19-14(9)13(18-17)8-11-7-12(16)6-10-3-5-20-15(10)11/h6-7,9,13-14,18H,2-5,8,17H2,1H3. The van der Waals surface area contributed by atoms with Gasteiger partial charge in [0.1, 0.15) is 5.75 Å². The molecule has 3 unspecified atom stereocenters. The monoisotopic (exact) mass is 340 g/mol. The zero-order valence-corrected chi connectivity index (χ0v) is 13.3. The number of halogens is 1. The van der Waals surface area contributed by atoms with E-state index in [1.807, 2.05) is 0 Å². The van der Waals surface area contributed by atoms with E-state index in [1.165, 1.54) is 11.1 Å². The summed E-state index contributed by atoms with van der Waals surface area (Å²) in [4.78, 5) is 0. The normalized spacial score (nSPS) is 26.4. The highest BCUT2D eigenvalue weighted by molar-refractivity contribution is 9.10. The van der Waals surface area contributed by atoms with Gasteiger partial charge in [-0.1, -0.05) is 22.9 Å². The van der Waals surface area contributed by atoms with E-state index in [0.29, 0.717) is 5.92 Å². The molecule has 2 aliphatic heterocycles. The van der Waals surface area contributed by atoms with Crippen LogP contribution in [0.5, 0.6) is 5.75 Å². The van der Waals surface area contributed by atoms with Gasteiger partial charge in [-0.15, -0.1) is 0 Å². The summed E-state index contributed by atoms with van der Waals surface area (Å²) in [6.07, 6.45) is 3.10. The summed E-state index contributed by atoms with van der Waals surface area (Å²) in [6, 6.07) is 4.40. The van der Waals surface area contributed by atoms with Crippen LogP contribution in [0.25, 0.3) is 0 Å². The minimum atomic E-state index is 0.120. The Kier molecular flexibility index (Phi) is 4.31.